The van der Waals surface area contributed by atoms with Gasteiger partial charge in [-0.3, -0.25) is 4.79 Å². The van der Waals surface area contributed by atoms with Crippen LogP contribution in [0.25, 0.3) is 0 Å². The highest BCUT2D eigenvalue weighted by Gasteiger charge is 2.19. The molecule has 1 aromatic heterocycles. The minimum absolute atomic E-state index is 0.155. The second kappa shape index (κ2) is 10.2. The van der Waals surface area contributed by atoms with Crippen molar-refractivity contribution >= 4 is 28.2 Å². The van der Waals surface area contributed by atoms with Gasteiger partial charge in [-0.15, -0.1) is 0 Å². The molecule has 1 saturated heterocycles. The van der Waals surface area contributed by atoms with Crippen molar-refractivity contribution in [3.63, 3.8) is 0 Å². The summed E-state index contributed by atoms with van der Waals surface area (Å²) in [6.45, 7) is 2.47. The number of anilines is 1. The molecule has 1 aromatic carbocycles. The van der Waals surface area contributed by atoms with Gasteiger partial charge in [0.05, 0.1) is 29.5 Å². The van der Waals surface area contributed by atoms with Crippen LogP contribution < -0.4 is 16.6 Å². The minimum Gasteiger partial charge on any atom is -0.383 e. The number of benzene rings is 1. The Hall–Kier alpha value is -2.49. The molecule has 1 atom stereocenters. The fraction of sp³-hybridized carbons (Fsp3) is 0.455. The maximum absolute atomic E-state index is 12.7. The molecule has 2 heterocycles. The van der Waals surface area contributed by atoms with E-state index in [1.54, 1.807) is 30.5 Å². The first kappa shape index (κ1) is 21.7. The molecule has 0 spiro atoms. The number of nitrogens with zero attached hydrogens (tertiary/aromatic N) is 2. The number of ether oxygens (including phenoxy) is 1. The summed E-state index contributed by atoms with van der Waals surface area (Å²) >= 11 is 0. The zero-order valence-corrected chi connectivity index (χ0v) is 18.3. The molecule has 0 bridgehead atoms. The Morgan fingerprint density at radius 1 is 1.13 bits per heavy atom. The Labute approximate surface area is 184 Å². The molecule has 166 valence electrons. The highest BCUT2D eigenvalue weighted by Crippen LogP contribution is 2.23. The first-order valence-electron chi connectivity index (χ1n) is 10.8. The SMILES string of the molecule is NC(=Nc1ccc(S(=O)N2CCOCC2)cc1)c1c(NC2CCCCC2)cc[nH]c1=O. The summed E-state index contributed by atoms with van der Waals surface area (Å²) in [5.41, 5.74) is 7.65. The number of nitrogens with two attached hydrogens (primary N) is 1. The number of nitrogens with one attached hydrogen (secondary N) is 2. The molecule has 2 aromatic rings. The molecular weight excluding hydrogens is 414 g/mol. The lowest BCUT2D eigenvalue weighted by atomic mass is 9.95. The predicted molar refractivity (Wildman–Crippen MR) is 123 cm³/mol. The lowest BCUT2D eigenvalue weighted by molar-refractivity contribution is 0.0752. The third kappa shape index (κ3) is 5.41. The fourth-order valence-electron chi connectivity index (χ4n) is 4.01. The molecule has 2 aliphatic rings. The third-order valence-electron chi connectivity index (χ3n) is 5.67. The Bertz CT molecular complexity index is 993. The average Bonchev–Trinajstić information content (AvgIpc) is 2.80. The van der Waals surface area contributed by atoms with Gasteiger partial charge in [-0.1, -0.05) is 19.3 Å². The zero-order chi connectivity index (χ0) is 21.6. The molecule has 8 nitrogen and oxygen atoms in total. The van der Waals surface area contributed by atoms with Crippen LogP contribution in [0.15, 0.2) is 51.2 Å². The van der Waals surface area contributed by atoms with E-state index in [4.69, 9.17) is 10.5 Å². The summed E-state index contributed by atoms with van der Waals surface area (Å²) in [6, 6.07) is 9.29. The van der Waals surface area contributed by atoms with Gasteiger partial charge in [-0.05, 0) is 43.2 Å². The van der Waals surface area contributed by atoms with Crippen molar-refractivity contribution < 1.29 is 8.95 Å². The van der Waals surface area contributed by atoms with Crippen molar-refractivity contribution in [2.45, 2.75) is 43.0 Å². The molecule has 9 heteroatoms. The van der Waals surface area contributed by atoms with Crippen LogP contribution in [0.3, 0.4) is 0 Å². The monoisotopic (exact) mass is 443 g/mol. The number of aromatic amines is 1. The molecule has 0 amide bonds. The predicted octanol–water partition coefficient (Wildman–Crippen LogP) is 2.51. The summed E-state index contributed by atoms with van der Waals surface area (Å²) in [6.07, 6.45) is 7.45. The topological polar surface area (TPSA) is 113 Å². The van der Waals surface area contributed by atoms with Crippen LogP contribution in [0.5, 0.6) is 0 Å². The van der Waals surface area contributed by atoms with Gasteiger partial charge >= 0.3 is 0 Å². The third-order valence-corrected chi connectivity index (χ3v) is 7.18. The number of aliphatic imine (C=N–C) groups is 1. The lowest BCUT2D eigenvalue weighted by Gasteiger charge is -2.25. The van der Waals surface area contributed by atoms with Gasteiger partial charge < -0.3 is 20.8 Å². The molecule has 1 saturated carbocycles. The maximum atomic E-state index is 12.7. The van der Waals surface area contributed by atoms with Crippen molar-refractivity contribution in [1.82, 2.24) is 9.29 Å². The number of morpholine rings is 1. The van der Waals surface area contributed by atoms with Crippen molar-refractivity contribution in [3.8, 4) is 0 Å². The van der Waals surface area contributed by atoms with E-state index in [1.165, 1.54) is 19.3 Å². The number of hydrogen-bond donors (Lipinski definition) is 3. The zero-order valence-electron chi connectivity index (χ0n) is 17.5. The molecular formula is C22H29N5O3S. The standard InChI is InChI=1S/C22H29N5O3S/c23-21(20-19(10-11-24-22(20)28)25-16-4-2-1-3-5-16)26-17-6-8-18(9-7-17)31(29)27-12-14-30-15-13-27/h6-11,16H,1-5,12-15H2,(H2,23,26)(H2,24,25,28). The van der Waals surface area contributed by atoms with E-state index in [0.29, 0.717) is 54.2 Å². The summed E-state index contributed by atoms with van der Waals surface area (Å²) < 4.78 is 19.9. The quantitative estimate of drug-likeness (QED) is 0.469. The Balaban J connectivity index is 1.52. The smallest absolute Gasteiger partial charge is 0.261 e. The second-order valence-electron chi connectivity index (χ2n) is 7.86. The number of aromatic nitrogens is 1. The molecule has 1 aliphatic carbocycles. The van der Waals surface area contributed by atoms with Crippen LogP contribution in [-0.2, 0) is 15.7 Å². The van der Waals surface area contributed by atoms with Crippen molar-refractivity contribution in [2.24, 2.45) is 10.7 Å². The van der Waals surface area contributed by atoms with E-state index in [0.717, 1.165) is 12.8 Å². The van der Waals surface area contributed by atoms with Crippen LogP contribution in [0, 0.1) is 0 Å². The summed E-state index contributed by atoms with van der Waals surface area (Å²) in [5, 5.41) is 3.48. The van der Waals surface area contributed by atoms with Crippen LogP contribution >= 0.6 is 0 Å². The Morgan fingerprint density at radius 2 is 1.84 bits per heavy atom. The highest BCUT2D eigenvalue weighted by molar-refractivity contribution is 7.82. The average molecular weight is 444 g/mol. The van der Waals surface area contributed by atoms with E-state index in [9.17, 15) is 9.00 Å². The Kier molecular flexibility index (Phi) is 7.16. The summed E-state index contributed by atoms with van der Waals surface area (Å²) in [4.78, 5) is 20.4. The number of hydrogen-bond acceptors (Lipinski definition) is 5. The van der Waals surface area contributed by atoms with Gasteiger partial charge in [-0.25, -0.2) is 13.5 Å². The second-order valence-corrected chi connectivity index (χ2v) is 9.34. The summed E-state index contributed by atoms with van der Waals surface area (Å²) in [5.74, 6) is 0.155. The van der Waals surface area contributed by atoms with Crippen LogP contribution in [0.4, 0.5) is 11.4 Å². The van der Waals surface area contributed by atoms with E-state index in [2.05, 4.69) is 15.3 Å². The Morgan fingerprint density at radius 3 is 2.55 bits per heavy atom. The van der Waals surface area contributed by atoms with Gasteiger partial charge in [-0.2, -0.15) is 0 Å². The first-order valence-corrected chi connectivity index (χ1v) is 11.9. The van der Waals surface area contributed by atoms with Crippen molar-refractivity contribution in [2.75, 3.05) is 31.6 Å². The maximum Gasteiger partial charge on any atom is 0.261 e. The van der Waals surface area contributed by atoms with Crippen LogP contribution in [0.1, 0.15) is 37.7 Å². The molecule has 1 unspecified atom stereocenters. The van der Waals surface area contributed by atoms with E-state index in [-0.39, 0.29) is 11.4 Å². The lowest BCUT2D eigenvalue weighted by Crippen LogP contribution is -2.37. The first-order chi connectivity index (χ1) is 15.1. The van der Waals surface area contributed by atoms with Crippen molar-refractivity contribution in [3.05, 3.63) is 52.4 Å². The van der Waals surface area contributed by atoms with Crippen LogP contribution in [-0.4, -0.2) is 51.7 Å². The minimum atomic E-state index is -1.23. The van der Waals surface area contributed by atoms with Gasteiger partial charge in [0.15, 0.2) is 0 Å². The van der Waals surface area contributed by atoms with Gasteiger partial charge in [0.2, 0.25) is 0 Å². The summed E-state index contributed by atoms with van der Waals surface area (Å²) in [7, 11) is -1.23. The van der Waals surface area contributed by atoms with Gasteiger partial charge in [0.1, 0.15) is 22.4 Å². The van der Waals surface area contributed by atoms with Gasteiger partial charge in [0, 0.05) is 25.3 Å². The fourth-order valence-corrected chi connectivity index (χ4v) is 5.16. The number of amidine groups is 1. The molecule has 1 aliphatic heterocycles. The largest absolute Gasteiger partial charge is 0.383 e. The van der Waals surface area contributed by atoms with E-state index < -0.39 is 11.0 Å². The normalized spacial score (nSPS) is 19.8. The van der Waals surface area contributed by atoms with E-state index >= 15 is 0 Å². The number of pyridine rings is 1. The molecule has 4 rings (SSSR count). The van der Waals surface area contributed by atoms with Crippen LogP contribution in [0.2, 0.25) is 0 Å². The number of rotatable bonds is 6. The van der Waals surface area contributed by atoms with Crippen molar-refractivity contribution in [1.29, 1.82) is 0 Å². The highest BCUT2D eigenvalue weighted by atomic mass is 32.2. The molecule has 4 N–H and O–H groups in total. The molecule has 2 fully saturated rings. The molecule has 0 radical (unpaired) electrons. The van der Waals surface area contributed by atoms with Gasteiger partial charge in [0.25, 0.3) is 5.56 Å². The number of H-pyrrole nitrogens is 1. The molecule has 31 heavy (non-hydrogen) atoms. The van der Waals surface area contributed by atoms with E-state index in [1.807, 2.05) is 10.4 Å².